The summed E-state index contributed by atoms with van der Waals surface area (Å²) in [7, 11) is 5.56. The van der Waals surface area contributed by atoms with Gasteiger partial charge in [0, 0.05) is 19.2 Å². The Hall–Kier alpha value is -1.94. The van der Waals surface area contributed by atoms with Crippen LogP contribution in [0.1, 0.15) is 17.5 Å². The molecule has 1 aliphatic heterocycles. The SMILES string of the molecule is CN(C)Cc1ccc(/C=C2\CC(=O)N(C)C2=O)cc1. The Morgan fingerprint density at radius 3 is 2.32 bits per heavy atom. The molecule has 1 fully saturated rings. The number of hydrogen-bond donors (Lipinski definition) is 0. The van der Waals surface area contributed by atoms with Crippen molar-refractivity contribution in [3.63, 3.8) is 0 Å². The summed E-state index contributed by atoms with van der Waals surface area (Å²) in [4.78, 5) is 26.5. The highest BCUT2D eigenvalue weighted by molar-refractivity contribution is 6.15. The third-order valence-corrected chi connectivity index (χ3v) is 3.11. The summed E-state index contributed by atoms with van der Waals surface area (Å²) < 4.78 is 0. The number of carbonyl (C=O) groups excluding carboxylic acids is 2. The van der Waals surface area contributed by atoms with E-state index in [2.05, 4.69) is 4.90 Å². The Balaban J connectivity index is 2.16. The van der Waals surface area contributed by atoms with Crippen LogP contribution in [0.4, 0.5) is 0 Å². The molecule has 4 heteroatoms. The predicted molar refractivity (Wildman–Crippen MR) is 74.2 cm³/mol. The predicted octanol–water partition coefficient (Wildman–Crippen LogP) is 1.52. The minimum absolute atomic E-state index is 0.138. The van der Waals surface area contributed by atoms with E-state index in [1.807, 2.05) is 38.4 Å². The van der Waals surface area contributed by atoms with Crippen LogP contribution in [0, 0.1) is 0 Å². The zero-order valence-electron chi connectivity index (χ0n) is 11.5. The minimum atomic E-state index is -0.192. The molecule has 0 spiro atoms. The molecule has 0 aromatic heterocycles. The average molecular weight is 258 g/mol. The minimum Gasteiger partial charge on any atom is -0.305 e. The van der Waals surface area contributed by atoms with Gasteiger partial charge in [-0.3, -0.25) is 14.5 Å². The van der Waals surface area contributed by atoms with Crippen LogP contribution in [0.2, 0.25) is 0 Å². The maximum atomic E-state index is 11.8. The van der Waals surface area contributed by atoms with Gasteiger partial charge < -0.3 is 4.90 Å². The van der Waals surface area contributed by atoms with Gasteiger partial charge in [0.15, 0.2) is 0 Å². The molecule has 0 bridgehead atoms. The number of benzene rings is 1. The third-order valence-electron chi connectivity index (χ3n) is 3.11. The van der Waals surface area contributed by atoms with E-state index in [9.17, 15) is 9.59 Å². The maximum absolute atomic E-state index is 11.8. The van der Waals surface area contributed by atoms with Crippen LogP contribution in [0.3, 0.4) is 0 Å². The Labute approximate surface area is 113 Å². The smallest absolute Gasteiger partial charge is 0.256 e. The lowest BCUT2D eigenvalue weighted by Crippen LogP contribution is -2.23. The summed E-state index contributed by atoms with van der Waals surface area (Å²) in [6.07, 6.45) is 2.00. The summed E-state index contributed by atoms with van der Waals surface area (Å²) in [5, 5.41) is 0. The zero-order valence-corrected chi connectivity index (χ0v) is 11.5. The molecule has 100 valence electrons. The van der Waals surface area contributed by atoms with Crippen LogP contribution in [-0.4, -0.2) is 42.8 Å². The number of rotatable bonds is 3. The Morgan fingerprint density at radius 2 is 1.84 bits per heavy atom. The van der Waals surface area contributed by atoms with Gasteiger partial charge in [-0.05, 0) is 31.3 Å². The molecule has 2 rings (SSSR count). The van der Waals surface area contributed by atoms with E-state index < -0.39 is 0 Å². The van der Waals surface area contributed by atoms with Gasteiger partial charge in [0.2, 0.25) is 5.91 Å². The molecule has 0 radical (unpaired) electrons. The summed E-state index contributed by atoms with van der Waals surface area (Å²) in [5.41, 5.74) is 2.74. The van der Waals surface area contributed by atoms with Crippen LogP contribution >= 0.6 is 0 Å². The summed E-state index contributed by atoms with van der Waals surface area (Å²) in [6.45, 7) is 0.886. The van der Waals surface area contributed by atoms with Crippen molar-refractivity contribution in [3.05, 3.63) is 41.0 Å². The molecule has 1 aromatic carbocycles. The van der Waals surface area contributed by atoms with Crippen molar-refractivity contribution in [2.45, 2.75) is 13.0 Å². The van der Waals surface area contributed by atoms with E-state index in [4.69, 9.17) is 0 Å². The first kappa shape index (κ1) is 13.5. The standard InChI is InChI=1S/C15H18N2O2/c1-16(2)10-12-6-4-11(5-7-12)8-13-9-14(18)17(3)15(13)19/h4-8H,9-10H2,1-3H3/b13-8+. The van der Waals surface area contributed by atoms with E-state index in [-0.39, 0.29) is 18.2 Å². The number of nitrogens with zero attached hydrogens (tertiary/aromatic N) is 2. The molecule has 0 unspecified atom stereocenters. The van der Waals surface area contributed by atoms with E-state index in [1.165, 1.54) is 17.5 Å². The second-order valence-corrected chi connectivity index (χ2v) is 5.08. The largest absolute Gasteiger partial charge is 0.305 e. The van der Waals surface area contributed by atoms with Gasteiger partial charge in [0.1, 0.15) is 0 Å². The molecule has 0 aliphatic carbocycles. The molecule has 4 nitrogen and oxygen atoms in total. The Bertz CT molecular complexity index is 530. The molecule has 0 N–H and O–H groups in total. The van der Waals surface area contributed by atoms with Gasteiger partial charge in [-0.25, -0.2) is 0 Å². The van der Waals surface area contributed by atoms with Gasteiger partial charge in [-0.15, -0.1) is 0 Å². The number of likely N-dealkylation sites (tertiary alicyclic amines) is 1. The number of carbonyl (C=O) groups is 2. The lowest BCUT2D eigenvalue weighted by molar-refractivity contribution is -0.135. The van der Waals surface area contributed by atoms with Crippen LogP contribution < -0.4 is 0 Å². The first-order chi connectivity index (χ1) is 8.97. The van der Waals surface area contributed by atoms with Crippen molar-refractivity contribution in [2.24, 2.45) is 0 Å². The normalized spacial score (nSPS) is 17.9. The highest BCUT2D eigenvalue weighted by atomic mass is 16.2. The average Bonchev–Trinajstić information content (AvgIpc) is 2.59. The summed E-state index contributed by atoms with van der Waals surface area (Å²) in [6, 6.07) is 8.03. The maximum Gasteiger partial charge on any atom is 0.256 e. The number of likely N-dealkylation sites (N-methyl/N-ethyl adjacent to an activating group) is 1. The zero-order chi connectivity index (χ0) is 14.0. The van der Waals surface area contributed by atoms with Crippen molar-refractivity contribution in [3.8, 4) is 0 Å². The fourth-order valence-corrected chi connectivity index (χ4v) is 2.08. The van der Waals surface area contributed by atoms with Crippen molar-refractivity contribution in [2.75, 3.05) is 21.1 Å². The van der Waals surface area contributed by atoms with Gasteiger partial charge in [0.25, 0.3) is 5.91 Å². The highest BCUT2D eigenvalue weighted by Gasteiger charge is 2.30. The van der Waals surface area contributed by atoms with Crippen molar-refractivity contribution in [1.29, 1.82) is 0 Å². The van der Waals surface area contributed by atoms with Crippen molar-refractivity contribution in [1.82, 2.24) is 9.80 Å². The van der Waals surface area contributed by atoms with Crippen molar-refractivity contribution < 1.29 is 9.59 Å². The van der Waals surface area contributed by atoms with Crippen LogP contribution in [0.5, 0.6) is 0 Å². The molecule has 1 aliphatic rings. The van der Waals surface area contributed by atoms with Gasteiger partial charge in [-0.1, -0.05) is 24.3 Å². The first-order valence-corrected chi connectivity index (χ1v) is 6.22. The van der Waals surface area contributed by atoms with Crippen LogP contribution in [0.15, 0.2) is 29.8 Å². The first-order valence-electron chi connectivity index (χ1n) is 6.22. The number of hydrogen-bond acceptors (Lipinski definition) is 3. The molecule has 19 heavy (non-hydrogen) atoms. The molecule has 1 heterocycles. The fraction of sp³-hybridized carbons (Fsp3) is 0.333. The quantitative estimate of drug-likeness (QED) is 0.609. The Kier molecular flexibility index (Phi) is 3.81. The number of amides is 2. The molecule has 0 atom stereocenters. The lowest BCUT2D eigenvalue weighted by atomic mass is 10.1. The van der Waals surface area contributed by atoms with E-state index in [0.29, 0.717) is 5.57 Å². The van der Waals surface area contributed by atoms with Crippen LogP contribution in [0.25, 0.3) is 6.08 Å². The fourth-order valence-electron chi connectivity index (χ4n) is 2.08. The second-order valence-electron chi connectivity index (χ2n) is 5.08. The summed E-state index contributed by atoms with van der Waals surface area (Å²) >= 11 is 0. The monoisotopic (exact) mass is 258 g/mol. The summed E-state index contributed by atoms with van der Waals surface area (Å²) in [5.74, 6) is -0.331. The molecule has 2 amide bonds. The van der Waals surface area contributed by atoms with Crippen molar-refractivity contribution >= 4 is 17.9 Å². The molecular formula is C15H18N2O2. The molecule has 0 saturated carbocycles. The molecule has 1 saturated heterocycles. The molecule has 1 aromatic rings. The van der Waals surface area contributed by atoms with E-state index in [0.717, 1.165) is 12.1 Å². The van der Waals surface area contributed by atoms with E-state index in [1.54, 1.807) is 6.08 Å². The van der Waals surface area contributed by atoms with E-state index >= 15 is 0 Å². The third kappa shape index (κ3) is 3.09. The van der Waals surface area contributed by atoms with Gasteiger partial charge in [0.05, 0.1) is 6.42 Å². The highest BCUT2D eigenvalue weighted by Crippen LogP contribution is 2.20. The van der Waals surface area contributed by atoms with Crippen LogP contribution in [-0.2, 0) is 16.1 Å². The van der Waals surface area contributed by atoms with Gasteiger partial charge >= 0.3 is 0 Å². The Morgan fingerprint density at radius 1 is 1.21 bits per heavy atom. The lowest BCUT2D eigenvalue weighted by Gasteiger charge is -2.09. The van der Waals surface area contributed by atoms with Gasteiger partial charge in [-0.2, -0.15) is 0 Å². The second kappa shape index (κ2) is 5.36. The number of imide groups is 1. The topological polar surface area (TPSA) is 40.6 Å². The molecular weight excluding hydrogens is 240 g/mol.